The highest BCUT2D eigenvalue weighted by molar-refractivity contribution is 7.90. The van der Waals surface area contributed by atoms with E-state index in [0.29, 0.717) is 10.8 Å². The summed E-state index contributed by atoms with van der Waals surface area (Å²) in [5, 5.41) is 9.76. The predicted molar refractivity (Wildman–Crippen MR) is 119 cm³/mol. The Morgan fingerprint density at radius 3 is 2.26 bits per heavy atom. The number of hydrogen-bond donors (Lipinski definition) is 0. The molecule has 10 heteroatoms. The first-order chi connectivity index (χ1) is 14.4. The molecule has 0 aliphatic carbocycles. The normalized spacial score (nSPS) is 17.8. The third kappa shape index (κ3) is 3.44. The van der Waals surface area contributed by atoms with Gasteiger partial charge in [-0.3, -0.25) is 0 Å². The third-order valence-electron chi connectivity index (χ3n) is 5.94. The number of aryl methyl sites for hydroxylation is 1. The zero-order valence-electron chi connectivity index (χ0n) is 17.8. The van der Waals surface area contributed by atoms with Crippen molar-refractivity contribution in [3.05, 3.63) is 52.8 Å². The van der Waals surface area contributed by atoms with Crippen LogP contribution in [0.1, 0.15) is 38.8 Å². The topological polar surface area (TPSA) is 94.2 Å². The van der Waals surface area contributed by atoms with Crippen molar-refractivity contribution in [3.63, 3.8) is 0 Å². The molecule has 0 spiro atoms. The molecule has 1 saturated heterocycles. The molecule has 0 bridgehead atoms. The molecule has 1 fully saturated rings. The quantitative estimate of drug-likeness (QED) is 0.442. The Hall–Kier alpha value is -2.38. The molecule has 0 amide bonds. The molecule has 7 nitrogen and oxygen atoms in total. The van der Waals surface area contributed by atoms with E-state index in [9.17, 15) is 13.7 Å². The molecule has 0 radical (unpaired) electrons. The van der Waals surface area contributed by atoms with Crippen LogP contribution in [0, 0.1) is 18.3 Å². The molecule has 2 aromatic heterocycles. The van der Waals surface area contributed by atoms with Gasteiger partial charge in [-0.2, -0.15) is 5.26 Å². The minimum Gasteiger partial charge on any atom is -0.399 e. The first-order valence-electron chi connectivity index (χ1n) is 9.67. The predicted octanol–water partition coefficient (Wildman–Crippen LogP) is 3.41. The summed E-state index contributed by atoms with van der Waals surface area (Å²) in [6.07, 6.45) is 1.44. The van der Waals surface area contributed by atoms with Gasteiger partial charge in [0.05, 0.1) is 21.7 Å². The Morgan fingerprint density at radius 2 is 1.71 bits per heavy atom. The monoisotopic (exact) mass is 457 g/mol. The summed E-state index contributed by atoms with van der Waals surface area (Å²) in [7, 11) is -4.82. The van der Waals surface area contributed by atoms with Crippen LogP contribution in [0.4, 0.5) is 0 Å². The van der Waals surface area contributed by atoms with Crippen LogP contribution in [-0.4, -0.2) is 35.7 Å². The summed E-state index contributed by atoms with van der Waals surface area (Å²) >= 11 is 6.15. The van der Waals surface area contributed by atoms with Gasteiger partial charge in [-0.05, 0) is 52.8 Å². The Balaban J connectivity index is 1.97. The van der Waals surface area contributed by atoms with Crippen molar-refractivity contribution in [2.45, 2.75) is 50.7 Å². The number of aromatic nitrogens is 2. The fourth-order valence-electron chi connectivity index (χ4n) is 3.36. The zero-order chi connectivity index (χ0) is 22.8. The van der Waals surface area contributed by atoms with Gasteiger partial charge >= 0.3 is 7.12 Å². The Labute approximate surface area is 186 Å². The molecular weight excluding hydrogens is 437 g/mol. The SMILES string of the molecule is Cc1ccc(S(=O)(=O)n2cc(B3OC(C)(C)C(C)(C)O3)c3cc(C#N)c(Cl)nc32)cc1. The van der Waals surface area contributed by atoms with E-state index < -0.39 is 28.3 Å². The minimum atomic E-state index is -3.98. The molecule has 1 aromatic carbocycles. The molecule has 31 heavy (non-hydrogen) atoms. The zero-order valence-corrected chi connectivity index (χ0v) is 19.4. The first-order valence-corrected chi connectivity index (χ1v) is 11.5. The van der Waals surface area contributed by atoms with Gasteiger partial charge in [0.15, 0.2) is 5.65 Å². The minimum absolute atomic E-state index is 0.0751. The van der Waals surface area contributed by atoms with Crippen molar-refractivity contribution in [1.29, 1.82) is 5.26 Å². The van der Waals surface area contributed by atoms with Gasteiger partial charge in [0, 0.05) is 17.0 Å². The summed E-state index contributed by atoms with van der Waals surface area (Å²) in [4.78, 5) is 4.35. The van der Waals surface area contributed by atoms with Crippen LogP contribution in [-0.2, 0) is 19.3 Å². The van der Waals surface area contributed by atoms with Crippen LogP contribution in [0.25, 0.3) is 11.0 Å². The van der Waals surface area contributed by atoms with Gasteiger partial charge in [0.1, 0.15) is 11.2 Å². The standard InChI is InChI=1S/C21H21BClN3O4S/c1-13-6-8-15(9-7-13)31(27,28)26-12-17(22-29-20(2,3)21(4,5)30-22)16-10-14(11-24)18(23)25-19(16)26/h6-10,12H,1-5H3. The molecule has 4 rings (SSSR count). The van der Waals surface area contributed by atoms with Crippen molar-refractivity contribution >= 4 is 45.2 Å². The first kappa shape index (κ1) is 21.8. The summed E-state index contributed by atoms with van der Waals surface area (Å²) in [5.41, 5.74) is 0.394. The number of fused-ring (bicyclic) bond motifs is 1. The molecule has 160 valence electrons. The van der Waals surface area contributed by atoms with E-state index in [1.807, 2.05) is 40.7 Å². The van der Waals surface area contributed by atoms with E-state index in [0.717, 1.165) is 9.54 Å². The molecular formula is C21H21BClN3O4S. The Morgan fingerprint density at radius 1 is 1.13 bits per heavy atom. The lowest BCUT2D eigenvalue weighted by Crippen LogP contribution is -2.41. The van der Waals surface area contributed by atoms with Crippen LogP contribution in [0.2, 0.25) is 5.15 Å². The highest BCUT2D eigenvalue weighted by Crippen LogP contribution is 2.37. The average molecular weight is 458 g/mol. The van der Waals surface area contributed by atoms with E-state index in [1.54, 1.807) is 12.1 Å². The molecule has 1 aliphatic rings. The summed E-state index contributed by atoms with van der Waals surface area (Å²) < 4.78 is 40.2. The van der Waals surface area contributed by atoms with Crippen molar-refractivity contribution in [2.75, 3.05) is 0 Å². The fourth-order valence-corrected chi connectivity index (χ4v) is 4.87. The summed E-state index contributed by atoms with van der Waals surface area (Å²) in [6.45, 7) is 9.51. The van der Waals surface area contributed by atoms with Crippen LogP contribution in [0.5, 0.6) is 0 Å². The number of rotatable bonds is 3. The van der Waals surface area contributed by atoms with Gasteiger partial charge in [0.25, 0.3) is 10.0 Å². The van der Waals surface area contributed by atoms with E-state index in [-0.39, 0.29) is 21.3 Å². The van der Waals surface area contributed by atoms with Crippen LogP contribution in [0.3, 0.4) is 0 Å². The lowest BCUT2D eigenvalue weighted by Gasteiger charge is -2.32. The molecule has 0 unspecified atom stereocenters. The van der Waals surface area contributed by atoms with Crippen molar-refractivity contribution in [3.8, 4) is 6.07 Å². The smallest absolute Gasteiger partial charge is 0.399 e. The van der Waals surface area contributed by atoms with Gasteiger partial charge in [-0.25, -0.2) is 17.4 Å². The highest BCUT2D eigenvalue weighted by Gasteiger charge is 2.52. The molecule has 3 aromatic rings. The van der Waals surface area contributed by atoms with Crippen molar-refractivity contribution < 1.29 is 17.7 Å². The Bertz CT molecular complexity index is 1330. The third-order valence-corrected chi connectivity index (χ3v) is 7.89. The number of nitriles is 1. The summed E-state index contributed by atoms with van der Waals surface area (Å²) in [6, 6.07) is 10.0. The number of halogens is 1. The highest BCUT2D eigenvalue weighted by atomic mass is 35.5. The maximum atomic E-state index is 13.4. The van der Waals surface area contributed by atoms with Gasteiger partial charge in [0.2, 0.25) is 0 Å². The second kappa shape index (κ2) is 7.07. The maximum absolute atomic E-state index is 13.4. The van der Waals surface area contributed by atoms with Crippen LogP contribution >= 0.6 is 11.6 Å². The van der Waals surface area contributed by atoms with E-state index >= 15 is 0 Å². The average Bonchev–Trinajstić information content (AvgIpc) is 3.15. The van der Waals surface area contributed by atoms with Crippen LogP contribution < -0.4 is 5.46 Å². The lowest BCUT2D eigenvalue weighted by atomic mass is 9.79. The van der Waals surface area contributed by atoms with Gasteiger partial charge < -0.3 is 9.31 Å². The molecule has 0 atom stereocenters. The van der Waals surface area contributed by atoms with E-state index in [2.05, 4.69) is 4.98 Å². The molecule has 0 N–H and O–H groups in total. The maximum Gasteiger partial charge on any atom is 0.497 e. The Kier molecular flexibility index (Phi) is 4.98. The van der Waals surface area contributed by atoms with Gasteiger partial charge in [-0.1, -0.05) is 29.3 Å². The van der Waals surface area contributed by atoms with Crippen molar-refractivity contribution in [2.24, 2.45) is 0 Å². The van der Waals surface area contributed by atoms with Crippen LogP contribution in [0.15, 0.2) is 41.4 Å². The fraction of sp³-hybridized carbons (Fsp3) is 0.333. The largest absolute Gasteiger partial charge is 0.497 e. The summed E-state index contributed by atoms with van der Waals surface area (Å²) in [5.74, 6) is 0. The number of hydrogen-bond acceptors (Lipinski definition) is 6. The van der Waals surface area contributed by atoms with E-state index in [4.69, 9.17) is 20.9 Å². The molecule has 1 aliphatic heterocycles. The number of pyridine rings is 1. The molecule has 0 saturated carbocycles. The van der Waals surface area contributed by atoms with Gasteiger partial charge in [-0.15, -0.1) is 0 Å². The number of nitrogens with zero attached hydrogens (tertiary/aromatic N) is 3. The lowest BCUT2D eigenvalue weighted by molar-refractivity contribution is 0.00578. The molecule has 3 heterocycles. The van der Waals surface area contributed by atoms with Crippen molar-refractivity contribution in [1.82, 2.24) is 8.96 Å². The number of benzene rings is 1. The van der Waals surface area contributed by atoms with E-state index in [1.165, 1.54) is 24.4 Å². The second-order valence-electron chi connectivity index (χ2n) is 8.60. The second-order valence-corrected chi connectivity index (χ2v) is 10.8.